The van der Waals surface area contributed by atoms with Gasteiger partial charge in [0.1, 0.15) is 0 Å². The summed E-state index contributed by atoms with van der Waals surface area (Å²) in [5, 5.41) is 5.04. The van der Waals surface area contributed by atoms with E-state index in [0.717, 1.165) is 24.8 Å². The molecule has 2 rings (SSSR count). The van der Waals surface area contributed by atoms with Crippen molar-refractivity contribution < 1.29 is 0 Å². The van der Waals surface area contributed by atoms with Crippen molar-refractivity contribution in [2.75, 3.05) is 0 Å². The van der Waals surface area contributed by atoms with E-state index in [2.05, 4.69) is 46.9 Å². The van der Waals surface area contributed by atoms with Crippen molar-refractivity contribution in [3.8, 4) is 0 Å². The van der Waals surface area contributed by atoms with Crippen LogP contribution in [0.2, 0.25) is 0 Å². The van der Waals surface area contributed by atoms with E-state index in [1.54, 1.807) is 0 Å². The standard InChI is InChI=1S/C18H32N2S/c1-12(2)9-15-16(11-19-18(4,5)6)21-17(20-15)14-8-7-13(3)10-14/h12-14,19H,7-11H2,1-6H3. The molecule has 21 heavy (non-hydrogen) atoms. The van der Waals surface area contributed by atoms with E-state index in [0.29, 0.717) is 5.92 Å². The minimum absolute atomic E-state index is 0.168. The SMILES string of the molecule is CC(C)Cc1nc(C2CCC(C)C2)sc1CNC(C)(C)C. The summed E-state index contributed by atoms with van der Waals surface area (Å²) in [6.45, 7) is 14.6. The lowest BCUT2D eigenvalue weighted by Crippen LogP contribution is -2.35. The first-order valence-electron chi connectivity index (χ1n) is 8.48. The summed E-state index contributed by atoms with van der Waals surface area (Å²) in [7, 11) is 0. The van der Waals surface area contributed by atoms with Gasteiger partial charge < -0.3 is 5.32 Å². The van der Waals surface area contributed by atoms with Gasteiger partial charge in [0.25, 0.3) is 0 Å². The Morgan fingerprint density at radius 3 is 2.52 bits per heavy atom. The molecule has 1 aromatic heterocycles. The molecule has 1 N–H and O–H groups in total. The Bertz CT molecular complexity index is 456. The van der Waals surface area contributed by atoms with Gasteiger partial charge in [0.05, 0.1) is 10.7 Å². The predicted octanol–water partition coefficient (Wildman–Crippen LogP) is 5.13. The van der Waals surface area contributed by atoms with Crippen LogP contribution in [-0.2, 0) is 13.0 Å². The number of hydrogen-bond acceptors (Lipinski definition) is 3. The fourth-order valence-corrected chi connectivity index (χ4v) is 4.22. The number of thiazole rings is 1. The molecular formula is C18H32N2S. The molecule has 1 fully saturated rings. The molecule has 1 aliphatic rings. The van der Waals surface area contributed by atoms with Crippen LogP contribution in [0, 0.1) is 11.8 Å². The fourth-order valence-electron chi connectivity index (χ4n) is 3.04. The number of hydrogen-bond donors (Lipinski definition) is 1. The molecule has 1 heterocycles. The summed E-state index contributed by atoms with van der Waals surface area (Å²) in [6, 6.07) is 0. The van der Waals surface area contributed by atoms with E-state index in [-0.39, 0.29) is 5.54 Å². The van der Waals surface area contributed by atoms with Crippen LogP contribution in [-0.4, -0.2) is 10.5 Å². The molecule has 0 spiro atoms. The van der Waals surface area contributed by atoms with Gasteiger partial charge in [0.15, 0.2) is 0 Å². The van der Waals surface area contributed by atoms with E-state index in [1.807, 2.05) is 11.3 Å². The first kappa shape index (κ1) is 17.0. The van der Waals surface area contributed by atoms with Gasteiger partial charge in [-0.05, 0) is 51.9 Å². The summed E-state index contributed by atoms with van der Waals surface area (Å²) in [5.74, 6) is 2.28. The molecule has 2 atom stereocenters. The normalized spacial score (nSPS) is 23.2. The second-order valence-electron chi connectivity index (χ2n) is 8.24. The third kappa shape index (κ3) is 5.07. The summed E-state index contributed by atoms with van der Waals surface area (Å²) in [4.78, 5) is 6.51. The Labute approximate surface area is 134 Å². The van der Waals surface area contributed by atoms with Crippen LogP contribution in [0.5, 0.6) is 0 Å². The summed E-state index contributed by atoms with van der Waals surface area (Å²) >= 11 is 1.97. The van der Waals surface area contributed by atoms with Gasteiger partial charge in [-0.25, -0.2) is 4.98 Å². The topological polar surface area (TPSA) is 24.9 Å². The first-order chi connectivity index (χ1) is 9.74. The molecule has 1 aliphatic carbocycles. The molecule has 120 valence electrons. The maximum atomic E-state index is 5.05. The average molecular weight is 309 g/mol. The zero-order chi connectivity index (χ0) is 15.6. The van der Waals surface area contributed by atoms with Gasteiger partial charge in [-0.2, -0.15) is 0 Å². The molecule has 0 aromatic carbocycles. The van der Waals surface area contributed by atoms with Gasteiger partial charge in [-0.3, -0.25) is 0 Å². The molecule has 0 saturated heterocycles. The highest BCUT2D eigenvalue weighted by Gasteiger charge is 2.27. The van der Waals surface area contributed by atoms with Gasteiger partial charge in [0.2, 0.25) is 0 Å². The van der Waals surface area contributed by atoms with Crippen LogP contribution in [0.4, 0.5) is 0 Å². The average Bonchev–Trinajstić information content (AvgIpc) is 2.91. The van der Waals surface area contributed by atoms with E-state index >= 15 is 0 Å². The molecule has 1 aromatic rings. The van der Waals surface area contributed by atoms with Crippen LogP contribution < -0.4 is 5.32 Å². The third-order valence-electron chi connectivity index (χ3n) is 4.22. The quantitative estimate of drug-likeness (QED) is 0.815. The summed E-state index contributed by atoms with van der Waals surface area (Å²) < 4.78 is 0. The van der Waals surface area contributed by atoms with E-state index in [4.69, 9.17) is 4.98 Å². The Hall–Kier alpha value is -0.410. The first-order valence-corrected chi connectivity index (χ1v) is 9.29. The highest BCUT2D eigenvalue weighted by molar-refractivity contribution is 7.11. The molecule has 1 saturated carbocycles. The lowest BCUT2D eigenvalue weighted by Gasteiger charge is -2.20. The van der Waals surface area contributed by atoms with Crippen molar-refractivity contribution in [2.45, 2.75) is 85.2 Å². The number of nitrogens with zero attached hydrogens (tertiary/aromatic N) is 1. The molecule has 0 bridgehead atoms. The Kier molecular flexibility index (Phi) is 5.48. The van der Waals surface area contributed by atoms with Gasteiger partial charge >= 0.3 is 0 Å². The van der Waals surface area contributed by atoms with Crippen LogP contribution in [0.1, 0.15) is 82.3 Å². The minimum Gasteiger partial charge on any atom is -0.307 e. The predicted molar refractivity (Wildman–Crippen MR) is 93.0 cm³/mol. The molecule has 2 nitrogen and oxygen atoms in total. The Morgan fingerprint density at radius 1 is 1.29 bits per heavy atom. The summed E-state index contributed by atoms with van der Waals surface area (Å²) in [6.07, 6.45) is 5.15. The van der Waals surface area contributed by atoms with Crippen molar-refractivity contribution in [3.63, 3.8) is 0 Å². The van der Waals surface area contributed by atoms with Crippen molar-refractivity contribution in [1.29, 1.82) is 0 Å². The van der Waals surface area contributed by atoms with Crippen LogP contribution >= 0.6 is 11.3 Å². The molecule has 2 unspecified atom stereocenters. The lowest BCUT2D eigenvalue weighted by molar-refractivity contribution is 0.425. The molecular weight excluding hydrogens is 276 g/mol. The second-order valence-corrected chi connectivity index (χ2v) is 9.35. The van der Waals surface area contributed by atoms with Crippen molar-refractivity contribution >= 4 is 11.3 Å². The third-order valence-corrected chi connectivity index (χ3v) is 5.48. The maximum absolute atomic E-state index is 5.05. The van der Waals surface area contributed by atoms with Crippen LogP contribution in [0.3, 0.4) is 0 Å². The number of aromatic nitrogens is 1. The highest BCUT2D eigenvalue weighted by Crippen LogP contribution is 2.40. The Balaban J connectivity index is 2.14. The molecule has 0 radical (unpaired) electrons. The minimum atomic E-state index is 0.168. The van der Waals surface area contributed by atoms with Crippen molar-refractivity contribution in [3.05, 3.63) is 15.6 Å². The maximum Gasteiger partial charge on any atom is 0.0962 e. The van der Waals surface area contributed by atoms with E-state index in [1.165, 1.54) is 34.8 Å². The second kappa shape index (κ2) is 6.78. The van der Waals surface area contributed by atoms with Gasteiger partial charge in [0, 0.05) is 22.9 Å². The lowest BCUT2D eigenvalue weighted by atomic mass is 10.1. The fraction of sp³-hybridized carbons (Fsp3) is 0.833. The van der Waals surface area contributed by atoms with Gasteiger partial charge in [-0.15, -0.1) is 11.3 Å². The van der Waals surface area contributed by atoms with Crippen LogP contribution in [0.25, 0.3) is 0 Å². The smallest absolute Gasteiger partial charge is 0.0962 e. The zero-order valence-electron chi connectivity index (χ0n) is 14.6. The zero-order valence-corrected chi connectivity index (χ0v) is 15.4. The largest absolute Gasteiger partial charge is 0.307 e. The highest BCUT2D eigenvalue weighted by atomic mass is 32.1. The van der Waals surface area contributed by atoms with Gasteiger partial charge in [-0.1, -0.05) is 27.2 Å². The number of nitrogens with one attached hydrogen (secondary N) is 1. The van der Waals surface area contributed by atoms with Crippen molar-refractivity contribution in [2.24, 2.45) is 11.8 Å². The molecule has 0 amide bonds. The molecule has 3 heteroatoms. The number of rotatable bonds is 5. The van der Waals surface area contributed by atoms with Crippen molar-refractivity contribution in [1.82, 2.24) is 10.3 Å². The molecule has 0 aliphatic heterocycles. The van der Waals surface area contributed by atoms with Crippen LogP contribution in [0.15, 0.2) is 0 Å². The summed E-state index contributed by atoms with van der Waals surface area (Å²) in [5.41, 5.74) is 1.52. The van der Waals surface area contributed by atoms with E-state index < -0.39 is 0 Å². The Morgan fingerprint density at radius 2 is 2.00 bits per heavy atom. The monoisotopic (exact) mass is 308 g/mol. The van der Waals surface area contributed by atoms with E-state index in [9.17, 15) is 0 Å².